The smallest absolute Gasteiger partial charge is 0.404 e. The Morgan fingerprint density at radius 3 is 2.53 bits per heavy atom. The number of rotatable bonds is 9. The summed E-state index contributed by atoms with van der Waals surface area (Å²) in [7, 11) is 1.55. The first-order valence-electron chi connectivity index (χ1n) is 10.3. The van der Waals surface area contributed by atoms with Crippen molar-refractivity contribution in [2.24, 2.45) is 10.7 Å². The van der Waals surface area contributed by atoms with E-state index in [2.05, 4.69) is 10.3 Å². The fourth-order valence-corrected chi connectivity index (χ4v) is 3.58. The van der Waals surface area contributed by atoms with E-state index >= 15 is 0 Å². The molecule has 0 bridgehead atoms. The maximum atomic E-state index is 14.5. The summed E-state index contributed by atoms with van der Waals surface area (Å²) >= 11 is 0. The van der Waals surface area contributed by atoms with E-state index in [1.807, 2.05) is 0 Å². The molecule has 0 heterocycles. The van der Waals surface area contributed by atoms with Crippen LogP contribution in [0.2, 0.25) is 0 Å². The Kier molecular flexibility index (Phi) is 7.51. The highest BCUT2D eigenvalue weighted by Crippen LogP contribution is 2.50. The number of hydrogen-bond donors (Lipinski definition) is 2. The van der Waals surface area contributed by atoms with Crippen LogP contribution in [0.1, 0.15) is 39.9 Å². The van der Waals surface area contributed by atoms with Gasteiger partial charge in [0.15, 0.2) is 6.29 Å². The first-order chi connectivity index (χ1) is 16.2. The third-order valence-electron chi connectivity index (χ3n) is 5.58. The minimum absolute atomic E-state index is 0.0918. The van der Waals surface area contributed by atoms with Gasteiger partial charge in [0, 0.05) is 41.9 Å². The summed E-state index contributed by atoms with van der Waals surface area (Å²) in [5.74, 6) is -1.65. The Morgan fingerprint density at radius 2 is 1.97 bits per heavy atom. The second-order valence-corrected chi connectivity index (χ2v) is 7.80. The minimum Gasteiger partial charge on any atom is -0.404 e. The average Bonchev–Trinajstić information content (AvgIpc) is 3.61. The topological polar surface area (TPSA) is 93.8 Å². The van der Waals surface area contributed by atoms with E-state index < -0.39 is 28.9 Å². The Morgan fingerprint density at radius 1 is 1.24 bits per heavy atom. The fourth-order valence-electron chi connectivity index (χ4n) is 3.58. The number of alkyl halides is 3. The minimum atomic E-state index is -4.68. The average molecular weight is 477 g/mol. The Bertz CT molecular complexity index is 1140. The second-order valence-electron chi connectivity index (χ2n) is 7.80. The van der Waals surface area contributed by atoms with Crippen LogP contribution in [-0.4, -0.2) is 38.7 Å². The molecule has 1 aliphatic rings. The number of hydrogen-bond acceptors (Lipinski definition) is 5. The third-order valence-corrected chi connectivity index (χ3v) is 5.58. The van der Waals surface area contributed by atoms with Gasteiger partial charge in [0.1, 0.15) is 5.82 Å². The summed E-state index contributed by atoms with van der Waals surface area (Å²) in [4.78, 5) is 28.8. The van der Waals surface area contributed by atoms with Crippen LogP contribution in [0.3, 0.4) is 0 Å². The highest BCUT2D eigenvalue weighted by atomic mass is 19.4. The lowest BCUT2D eigenvalue weighted by molar-refractivity contribution is -0.137. The van der Waals surface area contributed by atoms with Gasteiger partial charge in [0.2, 0.25) is 5.91 Å². The lowest BCUT2D eigenvalue weighted by atomic mass is 9.93. The van der Waals surface area contributed by atoms with Crippen LogP contribution < -0.4 is 11.1 Å². The number of amides is 1. The van der Waals surface area contributed by atoms with Gasteiger partial charge in [-0.15, -0.1) is 0 Å². The van der Waals surface area contributed by atoms with Crippen molar-refractivity contribution < 1.29 is 31.9 Å². The van der Waals surface area contributed by atoms with Crippen molar-refractivity contribution in [3.8, 4) is 0 Å². The summed E-state index contributed by atoms with van der Waals surface area (Å²) in [6, 6.07) is 6.74. The Labute approximate surface area is 193 Å². The monoisotopic (exact) mass is 477 g/mol. The standard InChI is InChI=1S/C24H23F4N3O3/c1-34-9-8-30-13-16(12-29)19-4-3-18(10-15(19)14-32)31-22(33)23(6-7-23)20-5-2-17(11-21(20)25)24(26,27)28/h2-5,10-14H,6-9,29H2,1H3,(H,31,33). The predicted octanol–water partition coefficient (Wildman–Crippen LogP) is 4.34. The van der Waals surface area contributed by atoms with Gasteiger partial charge in [-0.3, -0.25) is 14.6 Å². The number of carbonyl (C=O) groups is 2. The summed E-state index contributed by atoms with van der Waals surface area (Å²) in [5, 5.41) is 2.65. The van der Waals surface area contributed by atoms with Crippen molar-refractivity contribution in [3.63, 3.8) is 0 Å². The third kappa shape index (κ3) is 5.33. The van der Waals surface area contributed by atoms with Crippen LogP contribution >= 0.6 is 0 Å². The lowest BCUT2D eigenvalue weighted by Crippen LogP contribution is -2.29. The lowest BCUT2D eigenvalue weighted by Gasteiger charge is -2.18. The maximum absolute atomic E-state index is 14.5. The molecule has 0 saturated heterocycles. The van der Waals surface area contributed by atoms with Gasteiger partial charge in [-0.2, -0.15) is 13.2 Å². The van der Waals surface area contributed by atoms with Gasteiger partial charge in [-0.1, -0.05) is 12.1 Å². The maximum Gasteiger partial charge on any atom is 0.416 e. The Balaban J connectivity index is 1.81. The predicted molar refractivity (Wildman–Crippen MR) is 120 cm³/mol. The molecule has 10 heteroatoms. The molecule has 34 heavy (non-hydrogen) atoms. The molecule has 3 N–H and O–H groups in total. The van der Waals surface area contributed by atoms with Crippen LogP contribution in [0.5, 0.6) is 0 Å². The van der Waals surface area contributed by atoms with Gasteiger partial charge < -0.3 is 15.8 Å². The van der Waals surface area contributed by atoms with Crippen molar-refractivity contribution in [2.45, 2.75) is 24.4 Å². The molecule has 180 valence electrons. The van der Waals surface area contributed by atoms with Crippen LogP contribution in [0.15, 0.2) is 47.6 Å². The Hall–Kier alpha value is -3.53. The normalized spacial score (nSPS) is 15.4. The van der Waals surface area contributed by atoms with E-state index in [-0.39, 0.29) is 29.7 Å². The molecule has 2 aromatic carbocycles. The fraction of sp³-hybridized carbons (Fsp3) is 0.292. The molecule has 0 aliphatic heterocycles. The summed E-state index contributed by atoms with van der Waals surface area (Å²) in [6.07, 6.45) is -0.707. The van der Waals surface area contributed by atoms with Crippen molar-refractivity contribution in [1.29, 1.82) is 0 Å². The summed E-state index contributed by atoms with van der Waals surface area (Å²) in [6.45, 7) is 0.822. The molecule has 0 aromatic heterocycles. The summed E-state index contributed by atoms with van der Waals surface area (Å²) < 4.78 is 58.0. The number of benzene rings is 2. The molecule has 6 nitrogen and oxygen atoms in total. The molecule has 1 saturated carbocycles. The van der Waals surface area contributed by atoms with E-state index in [1.54, 1.807) is 19.2 Å². The molecule has 0 spiro atoms. The van der Waals surface area contributed by atoms with Gasteiger partial charge >= 0.3 is 6.18 Å². The largest absolute Gasteiger partial charge is 0.416 e. The first-order valence-corrected chi connectivity index (χ1v) is 10.3. The number of anilines is 1. The quantitative estimate of drug-likeness (QED) is 0.243. The molecule has 3 rings (SSSR count). The van der Waals surface area contributed by atoms with Crippen LogP contribution in [-0.2, 0) is 21.1 Å². The highest BCUT2D eigenvalue weighted by molar-refractivity contribution is 6.12. The molecule has 1 amide bonds. The number of nitrogens with two attached hydrogens (primary N) is 1. The van der Waals surface area contributed by atoms with E-state index in [4.69, 9.17) is 10.5 Å². The van der Waals surface area contributed by atoms with E-state index in [9.17, 15) is 27.2 Å². The van der Waals surface area contributed by atoms with Crippen molar-refractivity contribution in [1.82, 2.24) is 0 Å². The molecule has 0 unspecified atom stereocenters. The van der Waals surface area contributed by atoms with Crippen LogP contribution in [0.4, 0.5) is 23.2 Å². The van der Waals surface area contributed by atoms with E-state index in [1.165, 1.54) is 18.5 Å². The van der Waals surface area contributed by atoms with Crippen LogP contribution in [0, 0.1) is 5.82 Å². The number of aliphatic imine (C=N–C) groups is 1. The zero-order valence-corrected chi connectivity index (χ0v) is 18.3. The number of allylic oxidation sites excluding steroid dienone is 1. The van der Waals surface area contributed by atoms with Crippen molar-refractivity contribution >= 4 is 29.7 Å². The molecular weight excluding hydrogens is 454 g/mol. The number of ether oxygens (including phenoxy) is 1. The van der Waals surface area contributed by atoms with Gasteiger partial charge in [-0.05, 0) is 42.7 Å². The molecule has 1 fully saturated rings. The number of halogens is 4. The van der Waals surface area contributed by atoms with Crippen LogP contribution in [0.25, 0.3) is 5.57 Å². The van der Waals surface area contributed by atoms with Crippen molar-refractivity contribution in [2.75, 3.05) is 25.6 Å². The number of methoxy groups -OCH3 is 1. The molecule has 1 aliphatic carbocycles. The van der Waals surface area contributed by atoms with Gasteiger partial charge in [-0.25, -0.2) is 4.39 Å². The highest BCUT2D eigenvalue weighted by Gasteiger charge is 2.53. The van der Waals surface area contributed by atoms with E-state index in [0.29, 0.717) is 36.6 Å². The van der Waals surface area contributed by atoms with Gasteiger partial charge in [0.05, 0.1) is 24.1 Å². The molecule has 0 atom stereocenters. The number of nitrogens with zero attached hydrogens (tertiary/aromatic N) is 1. The second kappa shape index (κ2) is 10.2. The zero-order chi connectivity index (χ0) is 24.9. The van der Waals surface area contributed by atoms with E-state index in [0.717, 1.165) is 12.1 Å². The number of aldehydes is 1. The van der Waals surface area contributed by atoms with Crippen molar-refractivity contribution in [3.05, 3.63) is 70.7 Å². The van der Waals surface area contributed by atoms with Gasteiger partial charge in [0.25, 0.3) is 0 Å². The zero-order valence-electron chi connectivity index (χ0n) is 18.3. The molecule has 2 aromatic rings. The SMILES string of the molecule is COCCN=CC(=CN)c1ccc(NC(=O)C2(c3ccc(C(F)(F)F)cc3F)CC2)cc1C=O. The molecule has 0 radical (unpaired) electrons. The molecular formula is C24H23F4N3O3. The first kappa shape index (κ1) is 25.1. The summed E-state index contributed by atoms with van der Waals surface area (Å²) in [5.41, 5.74) is 4.69. The number of carbonyl (C=O) groups excluding carboxylic acids is 2. The number of nitrogens with one attached hydrogen (secondary N) is 1.